The molecule has 1 aromatic heterocycles. The lowest BCUT2D eigenvalue weighted by Crippen LogP contribution is -1.90. The number of benzene rings is 1. The molecule has 0 amide bonds. The molecule has 0 aliphatic heterocycles. The minimum absolute atomic E-state index is 0.705. The van der Waals surface area contributed by atoms with Crippen LogP contribution in [0.4, 0.5) is 0 Å². The number of hydrogen-bond acceptors (Lipinski definition) is 3. The fourth-order valence-electron chi connectivity index (χ4n) is 1.28. The number of hydrogen-bond donors (Lipinski definition) is 0. The van der Waals surface area contributed by atoms with Crippen molar-refractivity contribution in [3.05, 3.63) is 47.6 Å². The molecule has 0 aliphatic carbocycles. The molecule has 2 aromatic rings. The first-order chi connectivity index (χ1) is 6.88. The minimum Gasteiger partial charge on any atom is -0.339 e. The molecule has 2 rings (SSSR count). The van der Waals surface area contributed by atoms with Crippen LogP contribution in [0.15, 0.2) is 34.9 Å². The van der Waals surface area contributed by atoms with Crippen LogP contribution in [-0.2, 0) is 12.8 Å². The van der Waals surface area contributed by atoms with E-state index in [0.29, 0.717) is 5.89 Å². The molecule has 0 bridgehead atoms. The van der Waals surface area contributed by atoms with Gasteiger partial charge in [0.2, 0.25) is 5.89 Å². The molecule has 3 heteroatoms. The highest BCUT2D eigenvalue weighted by atomic mass is 16.5. The second-order valence-corrected chi connectivity index (χ2v) is 3.12. The first kappa shape index (κ1) is 8.94. The molecule has 0 saturated heterocycles. The second-order valence-electron chi connectivity index (χ2n) is 3.12. The van der Waals surface area contributed by atoms with E-state index in [2.05, 4.69) is 22.3 Å². The fourth-order valence-corrected chi connectivity index (χ4v) is 1.28. The zero-order chi connectivity index (χ0) is 9.80. The average Bonchev–Trinajstić information content (AvgIpc) is 2.67. The molecule has 0 aliphatic rings. The minimum atomic E-state index is 0.705. The summed E-state index contributed by atoms with van der Waals surface area (Å²) in [6.45, 7) is 2.00. The van der Waals surface area contributed by atoms with E-state index >= 15 is 0 Å². The van der Waals surface area contributed by atoms with Crippen molar-refractivity contribution < 1.29 is 4.52 Å². The Hall–Kier alpha value is -1.64. The first-order valence-electron chi connectivity index (χ1n) is 4.74. The smallest absolute Gasteiger partial charge is 0.226 e. The van der Waals surface area contributed by atoms with Crippen molar-refractivity contribution in [1.82, 2.24) is 10.1 Å². The van der Waals surface area contributed by atoms with E-state index in [1.54, 1.807) is 0 Å². The molecule has 0 atom stereocenters. The largest absolute Gasteiger partial charge is 0.339 e. The zero-order valence-corrected chi connectivity index (χ0v) is 8.10. The van der Waals surface area contributed by atoms with Crippen molar-refractivity contribution in [2.24, 2.45) is 0 Å². The number of aromatic nitrogens is 2. The van der Waals surface area contributed by atoms with Crippen LogP contribution in [0.1, 0.15) is 24.2 Å². The number of nitrogens with zero attached hydrogens (tertiary/aromatic N) is 2. The Morgan fingerprint density at radius 3 is 2.64 bits per heavy atom. The van der Waals surface area contributed by atoms with Gasteiger partial charge in [0.05, 0.1) is 0 Å². The Morgan fingerprint density at radius 1 is 1.21 bits per heavy atom. The van der Waals surface area contributed by atoms with Gasteiger partial charge in [0, 0.05) is 12.8 Å². The van der Waals surface area contributed by atoms with Gasteiger partial charge in [-0.1, -0.05) is 42.4 Å². The van der Waals surface area contributed by atoms with Gasteiger partial charge in [0.15, 0.2) is 5.82 Å². The highest BCUT2D eigenvalue weighted by Gasteiger charge is 2.04. The fraction of sp³-hybridized carbons (Fsp3) is 0.273. The summed E-state index contributed by atoms with van der Waals surface area (Å²) in [5, 5.41) is 3.90. The van der Waals surface area contributed by atoms with Crippen LogP contribution in [-0.4, -0.2) is 10.1 Å². The molecule has 0 unspecified atom stereocenters. The van der Waals surface area contributed by atoms with Crippen LogP contribution in [0, 0.1) is 0 Å². The third-order valence-electron chi connectivity index (χ3n) is 2.02. The Morgan fingerprint density at radius 2 is 2.00 bits per heavy atom. The van der Waals surface area contributed by atoms with Gasteiger partial charge < -0.3 is 4.52 Å². The quantitative estimate of drug-likeness (QED) is 0.741. The van der Waals surface area contributed by atoms with Gasteiger partial charge in [-0.15, -0.1) is 0 Å². The summed E-state index contributed by atoms with van der Waals surface area (Å²) in [4.78, 5) is 4.25. The number of rotatable bonds is 3. The molecule has 0 saturated carbocycles. The third kappa shape index (κ3) is 1.99. The average molecular weight is 188 g/mol. The van der Waals surface area contributed by atoms with Crippen LogP contribution in [0.5, 0.6) is 0 Å². The highest BCUT2D eigenvalue weighted by molar-refractivity contribution is 5.18. The SMILES string of the molecule is CCc1nc(Cc2ccccc2)no1. The summed E-state index contributed by atoms with van der Waals surface area (Å²) in [6.07, 6.45) is 1.53. The maximum atomic E-state index is 5.02. The van der Waals surface area contributed by atoms with Crippen molar-refractivity contribution >= 4 is 0 Å². The van der Waals surface area contributed by atoms with Crippen LogP contribution in [0.2, 0.25) is 0 Å². The predicted molar refractivity (Wildman–Crippen MR) is 52.9 cm³/mol. The Bertz CT molecular complexity index is 395. The lowest BCUT2D eigenvalue weighted by Gasteiger charge is -1.93. The molecular weight excluding hydrogens is 176 g/mol. The molecule has 0 fully saturated rings. The maximum absolute atomic E-state index is 5.02. The standard InChI is InChI=1S/C11H12N2O/c1-2-11-12-10(13-14-11)8-9-6-4-3-5-7-9/h3-7H,2,8H2,1H3. The van der Waals surface area contributed by atoms with E-state index < -0.39 is 0 Å². The van der Waals surface area contributed by atoms with Gasteiger partial charge in [-0.2, -0.15) is 4.98 Å². The van der Waals surface area contributed by atoms with E-state index in [1.807, 2.05) is 25.1 Å². The Balaban J connectivity index is 2.11. The highest BCUT2D eigenvalue weighted by Crippen LogP contribution is 2.06. The van der Waals surface area contributed by atoms with Gasteiger partial charge in [-0.05, 0) is 5.56 Å². The van der Waals surface area contributed by atoms with Crippen LogP contribution >= 0.6 is 0 Å². The van der Waals surface area contributed by atoms with Crippen LogP contribution < -0.4 is 0 Å². The van der Waals surface area contributed by atoms with Gasteiger partial charge in [0.25, 0.3) is 0 Å². The molecule has 0 N–H and O–H groups in total. The molecule has 0 radical (unpaired) electrons. The summed E-state index contributed by atoms with van der Waals surface area (Å²) >= 11 is 0. The molecule has 72 valence electrons. The van der Waals surface area contributed by atoms with Crippen LogP contribution in [0.3, 0.4) is 0 Å². The molecule has 0 spiro atoms. The van der Waals surface area contributed by atoms with E-state index in [9.17, 15) is 0 Å². The molecule has 1 heterocycles. The normalized spacial score (nSPS) is 10.4. The maximum Gasteiger partial charge on any atom is 0.226 e. The van der Waals surface area contributed by atoms with E-state index in [1.165, 1.54) is 5.56 Å². The molecular formula is C11H12N2O. The van der Waals surface area contributed by atoms with E-state index in [0.717, 1.165) is 18.7 Å². The number of aryl methyl sites for hydroxylation is 1. The van der Waals surface area contributed by atoms with Crippen molar-refractivity contribution in [1.29, 1.82) is 0 Å². The van der Waals surface area contributed by atoms with Crippen molar-refractivity contribution in [3.63, 3.8) is 0 Å². The second kappa shape index (κ2) is 4.05. The molecule has 3 nitrogen and oxygen atoms in total. The summed E-state index contributed by atoms with van der Waals surface area (Å²) in [5.41, 5.74) is 1.20. The third-order valence-corrected chi connectivity index (χ3v) is 2.02. The summed E-state index contributed by atoms with van der Waals surface area (Å²) in [6, 6.07) is 10.1. The first-order valence-corrected chi connectivity index (χ1v) is 4.74. The lowest BCUT2D eigenvalue weighted by atomic mass is 10.1. The summed E-state index contributed by atoms with van der Waals surface area (Å²) < 4.78 is 5.02. The van der Waals surface area contributed by atoms with Crippen molar-refractivity contribution in [3.8, 4) is 0 Å². The van der Waals surface area contributed by atoms with E-state index in [-0.39, 0.29) is 0 Å². The molecule has 1 aromatic carbocycles. The van der Waals surface area contributed by atoms with Gasteiger partial charge in [0.1, 0.15) is 0 Å². The Labute approximate surface area is 82.8 Å². The molecule has 14 heavy (non-hydrogen) atoms. The summed E-state index contributed by atoms with van der Waals surface area (Å²) in [7, 11) is 0. The van der Waals surface area contributed by atoms with Gasteiger partial charge >= 0.3 is 0 Å². The Kier molecular flexibility index (Phi) is 2.58. The van der Waals surface area contributed by atoms with Crippen molar-refractivity contribution in [2.75, 3.05) is 0 Å². The monoisotopic (exact) mass is 188 g/mol. The summed E-state index contributed by atoms with van der Waals surface area (Å²) in [5.74, 6) is 1.46. The van der Waals surface area contributed by atoms with Gasteiger partial charge in [-0.25, -0.2) is 0 Å². The zero-order valence-electron chi connectivity index (χ0n) is 8.10. The van der Waals surface area contributed by atoms with Gasteiger partial charge in [-0.3, -0.25) is 0 Å². The van der Waals surface area contributed by atoms with Crippen LogP contribution in [0.25, 0.3) is 0 Å². The van der Waals surface area contributed by atoms with E-state index in [4.69, 9.17) is 4.52 Å². The van der Waals surface area contributed by atoms with Crippen molar-refractivity contribution in [2.45, 2.75) is 19.8 Å². The lowest BCUT2D eigenvalue weighted by molar-refractivity contribution is 0.377. The topological polar surface area (TPSA) is 38.9 Å². The predicted octanol–water partition coefficient (Wildman–Crippen LogP) is 2.22.